The Labute approximate surface area is 154 Å². The summed E-state index contributed by atoms with van der Waals surface area (Å²) in [5, 5.41) is 0. The van der Waals surface area contributed by atoms with Gasteiger partial charge in [-0.1, -0.05) is 12.1 Å². The molecule has 3 saturated heterocycles. The second-order valence-corrected chi connectivity index (χ2v) is 8.84. The number of rotatable bonds is 3. The maximum absolute atomic E-state index is 12.3. The second-order valence-electron chi connectivity index (χ2n) is 7.61. The molecule has 3 fully saturated rings. The van der Waals surface area contributed by atoms with E-state index in [0.717, 1.165) is 31.4 Å². The third-order valence-corrected chi connectivity index (χ3v) is 7.31. The normalized spacial score (nSPS) is 30.5. The van der Waals surface area contributed by atoms with Crippen molar-refractivity contribution in [3.63, 3.8) is 0 Å². The molecule has 0 radical (unpaired) electrons. The quantitative estimate of drug-likeness (QED) is 0.829. The van der Waals surface area contributed by atoms with Gasteiger partial charge < -0.3 is 9.64 Å². The van der Waals surface area contributed by atoms with Gasteiger partial charge in [-0.05, 0) is 48.0 Å². The molecule has 0 aromatic heterocycles. The van der Waals surface area contributed by atoms with Crippen molar-refractivity contribution in [2.45, 2.75) is 31.8 Å². The lowest BCUT2D eigenvalue weighted by molar-refractivity contribution is -0.130. The fourth-order valence-corrected chi connectivity index (χ4v) is 6.06. The van der Waals surface area contributed by atoms with Crippen molar-refractivity contribution in [3.8, 4) is 5.75 Å². The lowest BCUT2D eigenvalue weighted by atomic mass is 9.89. The minimum Gasteiger partial charge on any atom is -0.497 e. The summed E-state index contributed by atoms with van der Waals surface area (Å²) < 4.78 is 5.30. The van der Waals surface area contributed by atoms with E-state index in [2.05, 4.69) is 33.7 Å². The number of carbonyl (C=O) groups is 1. The van der Waals surface area contributed by atoms with Gasteiger partial charge in [0, 0.05) is 38.5 Å². The van der Waals surface area contributed by atoms with E-state index in [1.807, 2.05) is 12.1 Å². The molecule has 0 spiro atoms. The van der Waals surface area contributed by atoms with Crippen molar-refractivity contribution >= 4 is 17.7 Å². The smallest absolute Gasteiger partial charge is 0.219 e. The highest BCUT2D eigenvalue weighted by atomic mass is 32.2. The molecule has 3 aliphatic rings. The number of amides is 1. The van der Waals surface area contributed by atoms with Gasteiger partial charge in [0.15, 0.2) is 0 Å². The van der Waals surface area contributed by atoms with E-state index in [0.29, 0.717) is 11.8 Å². The van der Waals surface area contributed by atoms with Crippen LogP contribution in [0.4, 0.5) is 0 Å². The number of carbonyl (C=O) groups excluding carboxylic acids is 1. The van der Waals surface area contributed by atoms with Gasteiger partial charge in [0.25, 0.3) is 0 Å². The number of fused-ring (bicyclic) bond motifs is 1. The minimum absolute atomic E-state index is 0.204. The molecular formula is C20H28N2O2S. The molecule has 5 heteroatoms. The van der Waals surface area contributed by atoms with Gasteiger partial charge in [0.05, 0.1) is 13.2 Å². The van der Waals surface area contributed by atoms with Crippen LogP contribution in [-0.2, 0) is 4.79 Å². The van der Waals surface area contributed by atoms with E-state index < -0.39 is 0 Å². The first-order chi connectivity index (χ1) is 12.2. The molecule has 4 nitrogen and oxygen atoms in total. The van der Waals surface area contributed by atoms with Gasteiger partial charge in [-0.2, -0.15) is 11.8 Å². The number of nitrogens with zero attached hydrogens (tertiary/aromatic N) is 2. The van der Waals surface area contributed by atoms with E-state index >= 15 is 0 Å². The van der Waals surface area contributed by atoms with Crippen molar-refractivity contribution < 1.29 is 9.53 Å². The summed E-state index contributed by atoms with van der Waals surface area (Å²) in [5.74, 6) is 4.87. The third-order valence-electron chi connectivity index (χ3n) is 6.26. The Morgan fingerprint density at radius 3 is 2.48 bits per heavy atom. The minimum atomic E-state index is 0.204. The van der Waals surface area contributed by atoms with E-state index in [1.165, 1.54) is 29.9 Å². The summed E-state index contributed by atoms with van der Waals surface area (Å²) in [6, 6.07) is 9.30. The van der Waals surface area contributed by atoms with Crippen molar-refractivity contribution in [2.75, 3.05) is 38.2 Å². The van der Waals surface area contributed by atoms with Crippen LogP contribution < -0.4 is 4.74 Å². The number of hydrogen-bond donors (Lipinski definition) is 0. The summed E-state index contributed by atoms with van der Waals surface area (Å²) in [7, 11) is 1.69. The van der Waals surface area contributed by atoms with Crippen molar-refractivity contribution in [1.29, 1.82) is 0 Å². The van der Waals surface area contributed by atoms with Crippen LogP contribution in [0.25, 0.3) is 0 Å². The maximum Gasteiger partial charge on any atom is 0.219 e. The molecule has 0 N–H and O–H groups in total. The topological polar surface area (TPSA) is 32.8 Å². The largest absolute Gasteiger partial charge is 0.497 e. The summed E-state index contributed by atoms with van der Waals surface area (Å²) in [6.07, 6.45) is 2.65. The molecule has 25 heavy (non-hydrogen) atoms. The van der Waals surface area contributed by atoms with Crippen LogP contribution in [0.15, 0.2) is 24.3 Å². The predicted octanol–water partition coefficient (Wildman–Crippen LogP) is 3.04. The summed E-state index contributed by atoms with van der Waals surface area (Å²) >= 11 is 2.09. The first kappa shape index (κ1) is 17.2. The Bertz CT molecular complexity index is 615. The van der Waals surface area contributed by atoms with E-state index in [-0.39, 0.29) is 11.9 Å². The van der Waals surface area contributed by atoms with Gasteiger partial charge in [-0.3, -0.25) is 9.69 Å². The number of ether oxygens (including phenoxy) is 1. The zero-order valence-electron chi connectivity index (χ0n) is 15.2. The van der Waals surface area contributed by atoms with Gasteiger partial charge in [-0.25, -0.2) is 0 Å². The average Bonchev–Trinajstić information content (AvgIpc) is 3.20. The maximum atomic E-state index is 12.3. The summed E-state index contributed by atoms with van der Waals surface area (Å²) in [4.78, 5) is 17.1. The number of thioether (sulfide) groups is 1. The van der Waals surface area contributed by atoms with Crippen LogP contribution in [0.3, 0.4) is 0 Å². The van der Waals surface area contributed by atoms with Gasteiger partial charge >= 0.3 is 0 Å². The standard InChI is InChI=1S/C20H28N2O2S/c1-14(23)22-12-16-11-21(17-7-9-25-10-8-17)13-19(16)20(22)15-3-5-18(24-2)6-4-15/h3-6,16-17,19-20H,7-13H2,1-2H3/t16-,19-,20+/m1/s1. The molecule has 4 rings (SSSR count). The van der Waals surface area contributed by atoms with Crippen LogP contribution in [0.5, 0.6) is 5.75 Å². The lowest BCUT2D eigenvalue weighted by Gasteiger charge is -2.34. The van der Waals surface area contributed by atoms with Crippen molar-refractivity contribution in [3.05, 3.63) is 29.8 Å². The number of benzene rings is 1. The Balaban J connectivity index is 1.55. The van der Waals surface area contributed by atoms with Crippen molar-refractivity contribution in [1.82, 2.24) is 9.80 Å². The highest BCUT2D eigenvalue weighted by Crippen LogP contribution is 2.46. The lowest BCUT2D eigenvalue weighted by Crippen LogP contribution is -2.40. The molecule has 0 unspecified atom stereocenters. The van der Waals surface area contributed by atoms with Gasteiger partial charge in [-0.15, -0.1) is 0 Å². The molecule has 0 bridgehead atoms. The Morgan fingerprint density at radius 2 is 1.84 bits per heavy atom. The van der Waals surface area contributed by atoms with Gasteiger partial charge in [0.2, 0.25) is 5.91 Å². The summed E-state index contributed by atoms with van der Waals surface area (Å²) in [5.41, 5.74) is 1.25. The second kappa shape index (κ2) is 7.20. The SMILES string of the molecule is COc1ccc([C@H]2[C@@H]3CN(C4CCSCC4)C[C@@H]3CN2C(C)=O)cc1. The van der Waals surface area contributed by atoms with E-state index in [1.54, 1.807) is 14.0 Å². The molecule has 1 aromatic rings. The van der Waals surface area contributed by atoms with E-state index in [9.17, 15) is 4.79 Å². The molecule has 1 amide bonds. The molecule has 0 aliphatic carbocycles. The fraction of sp³-hybridized carbons (Fsp3) is 0.650. The first-order valence-electron chi connectivity index (χ1n) is 9.40. The number of likely N-dealkylation sites (tertiary alicyclic amines) is 2. The Morgan fingerprint density at radius 1 is 1.12 bits per heavy atom. The predicted molar refractivity (Wildman–Crippen MR) is 102 cm³/mol. The molecule has 3 heterocycles. The Kier molecular flexibility index (Phi) is 4.96. The van der Waals surface area contributed by atoms with Crippen LogP contribution >= 0.6 is 11.8 Å². The average molecular weight is 361 g/mol. The molecule has 0 saturated carbocycles. The van der Waals surface area contributed by atoms with Gasteiger partial charge in [0.1, 0.15) is 5.75 Å². The highest BCUT2D eigenvalue weighted by Gasteiger charge is 2.49. The number of hydrogen-bond acceptors (Lipinski definition) is 4. The molecule has 1 aromatic carbocycles. The van der Waals surface area contributed by atoms with Crippen LogP contribution in [0.2, 0.25) is 0 Å². The molecule has 136 valence electrons. The molecule has 3 aliphatic heterocycles. The molecular weight excluding hydrogens is 332 g/mol. The number of methoxy groups -OCH3 is 1. The van der Waals surface area contributed by atoms with Crippen molar-refractivity contribution in [2.24, 2.45) is 11.8 Å². The molecule has 3 atom stereocenters. The zero-order chi connectivity index (χ0) is 17.4. The zero-order valence-corrected chi connectivity index (χ0v) is 16.0. The fourth-order valence-electron chi connectivity index (χ4n) is 4.98. The van der Waals surface area contributed by atoms with Crippen LogP contribution in [0.1, 0.15) is 31.4 Å². The Hall–Kier alpha value is -1.20. The van der Waals surface area contributed by atoms with Crippen LogP contribution in [0, 0.1) is 11.8 Å². The summed E-state index contributed by atoms with van der Waals surface area (Å²) in [6.45, 7) is 4.93. The van der Waals surface area contributed by atoms with Crippen LogP contribution in [-0.4, -0.2) is 60.0 Å². The highest BCUT2D eigenvalue weighted by molar-refractivity contribution is 7.99. The monoisotopic (exact) mass is 360 g/mol. The third kappa shape index (κ3) is 3.28. The van der Waals surface area contributed by atoms with E-state index in [4.69, 9.17) is 4.74 Å². The first-order valence-corrected chi connectivity index (χ1v) is 10.6.